The Balaban J connectivity index is 2.12. The van der Waals surface area contributed by atoms with Gasteiger partial charge in [0.15, 0.2) is 0 Å². The van der Waals surface area contributed by atoms with Crippen LogP contribution in [0.25, 0.3) is 0 Å². The number of hydrogen-bond donors (Lipinski definition) is 1. The Morgan fingerprint density at radius 1 is 1.57 bits per heavy atom. The summed E-state index contributed by atoms with van der Waals surface area (Å²) < 4.78 is 1.68. The summed E-state index contributed by atoms with van der Waals surface area (Å²) in [6, 6.07) is -0.393. The summed E-state index contributed by atoms with van der Waals surface area (Å²) >= 11 is 3.27. The van der Waals surface area contributed by atoms with Crippen molar-refractivity contribution in [3.8, 4) is 0 Å². The molecule has 1 N–H and O–H groups in total. The van der Waals surface area contributed by atoms with Gasteiger partial charge in [-0.1, -0.05) is 6.08 Å². The van der Waals surface area contributed by atoms with Crippen LogP contribution in [-0.2, 0) is 11.3 Å². The van der Waals surface area contributed by atoms with Gasteiger partial charge < -0.3 is 10.2 Å². The van der Waals surface area contributed by atoms with Gasteiger partial charge in [0, 0.05) is 13.1 Å². The number of aromatic nitrogens is 2. The molecule has 1 saturated heterocycles. The molecule has 1 amide bonds. The second-order valence-corrected chi connectivity index (χ2v) is 5.84. The van der Waals surface area contributed by atoms with Crippen LogP contribution >= 0.6 is 15.9 Å². The monoisotopic (exact) mass is 354 g/mol. The van der Waals surface area contributed by atoms with Crippen LogP contribution in [0.4, 0.5) is 5.69 Å². The minimum absolute atomic E-state index is 0.0506. The third kappa shape index (κ3) is 3.53. The van der Waals surface area contributed by atoms with Gasteiger partial charge >= 0.3 is 0 Å². The molecule has 0 radical (unpaired) electrons. The molecule has 1 aliphatic heterocycles. The highest BCUT2D eigenvalue weighted by atomic mass is 79.9. The number of rotatable bonds is 5. The van der Waals surface area contributed by atoms with Crippen molar-refractivity contribution in [2.45, 2.75) is 32.4 Å². The van der Waals surface area contributed by atoms with E-state index in [9.17, 15) is 9.59 Å². The summed E-state index contributed by atoms with van der Waals surface area (Å²) in [6.45, 7) is 7.35. The van der Waals surface area contributed by atoms with Crippen molar-refractivity contribution in [3.05, 3.63) is 33.7 Å². The van der Waals surface area contributed by atoms with Crippen LogP contribution in [0.15, 0.2) is 28.1 Å². The van der Waals surface area contributed by atoms with Crippen molar-refractivity contribution in [2.24, 2.45) is 0 Å². The summed E-state index contributed by atoms with van der Waals surface area (Å²) in [4.78, 5) is 26.1. The zero-order valence-corrected chi connectivity index (χ0v) is 13.6. The zero-order valence-electron chi connectivity index (χ0n) is 12.0. The first-order valence-corrected chi connectivity index (χ1v) is 7.75. The number of allylic oxidation sites excluding steroid dienone is 1. The van der Waals surface area contributed by atoms with E-state index in [1.54, 1.807) is 19.2 Å². The van der Waals surface area contributed by atoms with E-state index in [4.69, 9.17) is 0 Å². The van der Waals surface area contributed by atoms with Crippen LogP contribution in [0, 0.1) is 0 Å². The SMILES string of the molecule is C=CCn1ncc(NC(C)C(=O)N2CCCC2)c(Br)c1=O. The van der Waals surface area contributed by atoms with Crippen molar-refractivity contribution in [1.29, 1.82) is 0 Å². The summed E-state index contributed by atoms with van der Waals surface area (Å²) in [5.74, 6) is 0.0506. The topological polar surface area (TPSA) is 67.2 Å². The number of likely N-dealkylation sites (tertiary alicyclic amines) is 1. The second-order valence-electron chi connectivity index (χ2n) is 5.05. The lowest BCUT2D eigenvalue weighted by Gasteiger charge is -2.22. The molecule has 1 aliphatic rings. The molecule has 0 aromatic carbocycles. The molecule has 0 bridgehead atoms. The first-order chi connectivity index (χ1) is 10.0. The highest BCUT2D eigenvalue weighted by Crippen LogP contribution is 2.18. The Bertz CT molecular complexity index is 593. The Labute approximate surface area is 132 Å². The number of carbonyl (C=O) groups excluding carboxylic acids is 1. The van der Waals surface area contributed by atoms with E-state index < -0.39 is 6.04 Å². The molecular formula is C14H19BrN4O2. The van der Waals surface area contributed by atoms with Gasteiger partial charge in [-0.3, -0.25) is 9.59 Å². The van der Waals surface area contributed by atoms with Gasteiger partial charge in [0.1, 0.15) is 10.5 Å². The van der Waals surface area contributed by atoms with E-state index in [1.165, 1.54) is 4.68 Å². The molecule has 1 fully saturated rings. The van der Waals surface area contributed by atoms with E-state index >= 15 is 0 Å². The highest BCUT2D eigenvalue weighted by molar-refractivity contribution is 9.10. The van der Waals surface area contributed by atoms with Gasteiger partial charge in [-0.2, -0.15) is 5.10 Å². The Morgan fingerprint density at radius 3 is 2.86 bits per heavy atom. The number of hydrogen-bond acceptors (Lipinski definition) is 4. The minimum atomic E-state index is -0.393. The maximum Gasteiger partial charge on any atom is 0.283 e. The molecule has 1 aromatic heterocycles. The average Bonchev–Trinajstić information content (AvgIpc) is 3.00. The van der Waals surface area contributed by atoms with Crippen molar-refractivity contribution in [1.82, 2.24) is 14.7 Å². The number of nitrogens with one attached hydrogen (secondary N) is 1. The summed E-state index contributed by atoms with van der Waals surface area (Å²) in [6.07, 6.45) is 5.26. The van der Waals surface area contributed by atoms with Gasteiger partial charge in [-0.25, -0.2) is 4.68 Å². The molecule has 21 heavy (non-hydrogen) atoms. The molecule has 2 rings (SSSR count). The predicted molar refractivity (Wildman–Crippen MR) is 85.3 cm³/mol. The van der Waals surface area contributed by atoms with Crippen LogP contribution in [0.5, 0.6) is 0 Å². The third-order valence-electron chi connectivity index (χ3n) is 3.45. The molecule has 7 heteroatoms. The average molecular weight is 355 g/mol. The molecule has 114 valence electrons. The first-order valence-electron chi connectivity index (χ1n) is 6.96. The largest absolute Gasteiger partial charge is 0.372 e. The van der Waals surface area contributed by atoms with E-state index in [0.717, 1.165) is 25.9 Å². The second kappa shape index (κ2) is 6.89. The molecule has 0 spiro atoms. The predicted octanol–water partition coefficient (Wildman–Crippen LogP) is 1.61. The van der Waals surface area contributed by atoms with Gasteiger partial charge in [-0.15, -0.1) is 6.58 Å². The number of amides is 1. The maximum atomic E-state index is 12.2. The minimum Gasteiger partial charge on any atom is -0.372 e. The number of carbonyl (C=O) groups is 1. The van der Waals surface area contributed by atoms with Crippen LogP contribution in [0.2, 0.25) is 0 Å². The normalized spacial score (nSPS) is 15.8. The zero-order chi connectivity index (χ0) is 15.4. The standard InChI is InChI=1S/C14H19BrN4O2/c1-3-6-19-14(21)12(15)11(9-16-19)17-10(2)13(20)18-7-4-5-8-18/h3,9-10,17H,1,4-8H2,2H3. The lowest BCUT2D eigenvalue weighted by molar-refractivity contribution is -0.130. The van der Waals surface area contributed by atoms with Crippen LogP contribution in [-0.4, -0.2) is 39.7 Å². The van der Waals surface area contributed by atoms with E-state index in [-0.39, 0.29) is 11.5 Å². The van der Waals surface area contributed by atoms with Gasteiger partial charge in [0.25, 0.3) is 5.56 Å². The molecule has 0 saturated carbocycles. The number of anilines is 1. The molecule has 1 unspecified atom stereocenters. The van der Waals surface area contributed by atoms with Gasteiger partial charge in [0.05, 0.1) is 18.4 Å². The molecule has 1 aromatic rings. The lowest BCUT2D eigenvalue weighted by Crippen LogP contribution is -2.40. The quantitative estimate of drug-likeness (QED) is 0.815. The molecule has 6 nitrogen and oxygen atoms in total. The fraction of sp³-hybridized carbons (Fsp3) is 0.500. The fourth-order valence-electron chi connectivity index (χ4n) is 2.32. The van der Waals surface area contributed by atoms with E-state index in [0.29, 0.717) is 16.7 Å². The number of halogens is 1. The lowest BCUT2D eigenvalue weighted by atomic mass is 10.2. The van der Waals surface area contributed by atoms with Crippen molar-refractivity contribution in [2.75, 3.05) is 18.4 Å². The van der Waals surface area contributed by atoms with Gasteiger partial charge in [-0.05, 0) is 35.7 Å². The fourth-order valence-corrected chi connectivity index (χ4v) is 2.75. The first kappa shape index (κ1) is 15.8. The Morgan fingerprint density at radius 2 is 2.24 bits per heavy atom. The van der Waals surface area contributed by atoms with E-state index in [1.807, 2.05) is 4.90 Å². The summed E-state index contributed by atoms with van der Waals surface area (Å²) in [7, 11) is 0. The summed E-state index contributed by atoms with van der Waals surface area (Å²) in [5, 5.41) is 7.11. The smallest absolute Gasteiger partial charge is 0.283 e. The Hall–Kier alpha value is -1.63. The molecule has 1 atom stereocenters. The van der Waals surface area contributed by atoms with Crippen LogP contribution < -0.4 is 10.9 Å². The highest BCUT2D eigenvalue weighted by Gasteiger charge is 2.24. The van der Waals surface area contributed by atoms with Crippen molar-refractivity contribution < 1.29 is 4.79 Å². The van der Waals surface area contributed by atoms with Crippen LogP contribution in [0.1, 0.15) is 19.8 Å². The molecule has 0 aliphatic carbocycles. The Kier molecular flexibility index (Phi) is 5.17. The maximum absolute atomic E-state index is 12.2. The van der Waals surface area contributed by atoms with Crippen molar-refractivity contribution in [3.63, 3.8) is 0 Å². The molecular weight excluding hydrogens is 336 g/mol. The number of nitrogens with zero attached hydrogens (tertiary/aromatic N) is 3. The van der Waals surface area contributed by atoms with Crippen molar-refractivity contribution >= 4 is 27.5 Å². The van der Waals surface area contributed by atoms with Gasteiger partial charge in [0.2, 0.25) is 5.91 Å². The summed E-state index contributed by atoms with van der Waals surface area (Å²) in [5.41, 5.74) is 0.279. The molecule has 2 heterocycles. The third-order valence-corrected chi connectivity index (χ3v) is 4.21. The van der Waals surface area contributed by atoms with Crippen LogP contribution in [0.3, 0.4) is 0 Å². The van der Waals surface area contributed by atoms with E-state index in [2.05, 4.69) is 32.9 Å².